The van der Waals surface area contributed by atoms with Crippen LogP contribution in [-0.4, -0.2) is 16.6 Å². The maximum Gasteiger partial charge on any atom is 0.0830 e. The number of H-pyrrole nitrogens is 1. The first-order valence-corrected chi connectivity index (χ1v) is 3.34. The van der Waals surface area contributed by atoms with Crippen LogP contribution in [0.2, 0.25) is 0 Å². The average molecular weight is 140 g/mol. The molecule has 0 amide bonds. The van der Waals surface area contributed by atoms with Gasteiger partial charge in [0.2, 0.25) is 0 Å². The molecule has 0 atom stereocenters. The molecule has 0 fully saturated rings. The average Bonchev–Trinajstić information content (AvgIpc) is 2.37. The number of aliphatic hydroxyl groups excluding tert-OH is 1. The maximum atomic E-state index is 8.66. The van der Waals surface area contributed by atoms with Crippen LogP contribution in [0.3, 0.4) is 0 Å². The van der Waals surface area contributed by atoms with Crippen molar-refractivity contribution in [3.05, 3.63) is 23.5 Å². The number of hydrogen-bond acceptors (Lipinski definition) is 2. The van der Waals surface area contributed by atoms with Crippen molar-refractivity contribution in [1.82, 2.24) is 4.98 Å². The Balaban J connectivity index is 2.59. The fourth-order valence-electron chi connectivity index (χ4n) is 0.884. The zero-order valence-electron chi connectivity index (χ0n) is 5.80. The molecule has 0 aliphatic carbocycles. The Morgan fingerprint density at radius 3 is 2.60 bits per heavy atom. The zero-order valence-corrected chi connectivity index (χ0v) is 5.80. The van der Waals surface area contributed by atoms with Crippen LogP contribution in [-0.2, 0) is 13.0 Å². The molecular weight excluding hydrogens is 128 g/mol. The zero-order chi connectivity index (χ0) is 7.40. The molecule has 0 aromatic carbocycles. The molecule has 0 saturated heterocycles. The lowest BCUT2D eigenvalue weighted by Crippen LogP contribution is -2.02. The van der Waals surface area contributed by atoms with Gasteiger partial charge in [0.15, 0.2) is 0 Å². The van der Waals surface area contributed by atoms with E-state index >= 15 is 0 Å². The molecule has 0 bridgehead atoms. The van der Waals surface area contributed by atoms with E-state index in [9.17, 15) is 0 Å². The molecule has 0 aliphatic rings. The van der Waals surface area contributed by atoms with Crippen molar-refractivity contribution in [3.8, 4) is 0 Å². The third-order valence-corrected chi connectivity index (χ3v) is 1.39. The summed E-state index contributed by atoms with van der Waals surface area (Å²) in [6, 6.07) is 3.81. The van der Waals surface area contributed by atoms with Gasteiger partial charge in [-0.1, -0.05) is 0 Å². The van der Waals surface area contributed by atoms with Gasteiger partial charge in [0.1, 0.15) is 0 Å². The van der Waals surface area contributed by atoms with Crippen LogP contribution >= 0.6 is 0 Å². The van der Waals surface area contributed by atoms with Gasteiger partial charge in [-0.25, -0.2) is 0 Å². The number of aromatic amines is 1. The largest absolute Gasteiger partial charge is 0.390 e. The lowest BCUT2D eigenvalue weighted by Gasteiger charge is -1.91. The van der Waals surface area contributed by atoms with Gasteiger partial charge in [-0.3, -0.25) is 0 Å². The molecule has 0 saturated carbocycles. The van der Waals surface area contributed by atoms with E-state index in [1.54, 1.807) is 0 Å². The van der Waals surface area contributed by atoms with Crippen LogP contribution in [0.5, 0.6) is 0 Å². The van der Waals surface area contributed by atoms with Crippen molar-refractivity contribution in [2.75, 3.05) is 6.54 Å². The molecule has 1 aromatic heterocycles. The molecule has 3 heteroatoms. The summed E-state index contributed by atoms with van der Waals surface area (Å²) in [7, 11) is 0. The molecule has 4 N–H and O–H groups in total. The Kier molecular flexibility index (Phi) is 2.48. The van der Waals surface area contributed by atoms with Crippen LogP contribution < -0.4 is 5.73 Å². The minimum Gasteiger partial charge on any atom is -0.390 e. The molecule has 0 spiro atoms. The molecular formula is C7H12N2O. The first-order valence-electron chi connectivity index (χ1n) is 3.34. The van der Waals surface area contributed by atoms with E-state index in [1.165, 1.54) is 0 Å². The van der Waals surface area contributed by atoms with Crippen molar-refractivity contribution in [2.45, 2.75) is 13.0 Å². The molecule has 0 unspecified atom stereocenters. The smallest absolute Gasteiger partial charge is 0.0830 e. The minimum absolute atomic E-state index is 0.0740. The van der Waals surface area contributed by atoms with Gasteiger partial charge >= 0.3 is 0 Å². The highest BCUT2D eigenvalue weighted by Gasteiger charge is 1.94. The second-order valence-corrected chi connectivity index (χ2v) is 2.21. The van der Waals surface area contributed by atoms with Gasteiger partial charge in [0.25, 0.3) is 0 Å². The fraction of sp³-hybridized carbons (Fsp3) is 0.429. The minimum atomic E-state index is 0.0740. The lowest BCUT2D eigenvalue weighted by molar-refractivity contribution is 0.277. The third kappa shape index (κ3) is 1.59. The number of nitrogens with one attached hydrogen (secondary N) is 1. The molecule has 10 heavy (non-hydrogen) atoms. The highest BCUT2D eigenvalue weighted by atomic mass is 16.3. The first kappa shape index (κ1) is 7.31. The van der Waals surface area contributed by atoms with E-state index in [2.05, 4.69) is 4.98 Å². The Bertz CT molecular complexity index is 195. The summed E-state index contributed by atoms with van der Waals surface area (Å²) in [6.07, 6.45) is 0.847. The van der Waals surface area contributed by atoms with Crippen LogP contribution in [0.1, 0.15) is 11.4 Å². The topological polar surface area (TPSA) is 62.0 Å². The van der Waals surface area contributed by atoms with Gasteiger partial charge in [0, 0.05) is 11.4 Å². The quantitative estimate of drug-likeness (QED) is 0.553. The van der Waals surface area contributed by atoms with Crippen molar-refractivity contribution >= 4 is 0 Å². The predicted octanol–water partition coefficient (Wildman–Crippen LogP) is 0.00820. The molecule has 0 radical (unpaired) electrons. The summed E-state index contributed by atoms with van der Waals surface area (Å²) in [4.78, 5) is 3.03. The molecule has 0 aliphatic heterocycles. The van der Waals surface area contributed by atoms with E-state index in [4.69, 9.17) is 10.8 Å². The summed E-state index contributed by atoms with van der Waals surface area (Å²) in [6.45, 7) is 0.718. The van der Waals surface area contributed by atoms with Crippen LogP contribution in [0.4, 0.5) is 0 Å². The van der Waals surface area contributed by atoms with Crippen molar-refractivity contribution in [3.63, 3.8) is 0 Å². The van der Waals surface area contributed by atoms with E-state index < -0.39 is 0 Å². The van der Waals surface area contributed by atoms with Crippen molar-refractivity contribution in [2.24, 2.45) is 5.73 Å². The molecule has 56 valence electrons. The Labute approximate surface area is 59.9 Å². The fourth-order valence-corrected chi connectivity index (χ4v) is 0.884. The Morgan fingerprint density at radius 2 is 2.10 bits per heavy atom. The SMILES string of the molecule is NCCc1ccc(CO)[nH]1. The van der Waals surface area contributed by atoms with E-state index in [0.29, 0.717) is 6.54 Å². The summed E-state index contributed by atoms with van der Waals surface area (Å²) >= 11 is 0. The number of aliphatic hydroxyl groups is 1. The number of nitrogens with two attached hydrogens (primary N) is 1. The predicted molar refractivity (Wildman–Crippen MR) is 39.5 cm³/mol. The summed E-state index contributed by atoms with van der Waals surface area (Å²) < 4.78 is 0. The summed E-state index contributed by atoms with van der Waals surface area (Å²) in [5.74, 6) is 0. The van der Waals surface area contributed by atoms with Crippen LogP contribution in [0, 0.1) is 0 Å². The van der Waals surface area contributed by atoms with Gasteiger partial charge in [-0.2, -0.15) is 0 Å². The summed E-state index contributed by atoms with van der Waals surface area (Å²) in [5.41, 5.74) is 7.27. The summed E-state index contributed by atoms with van der Waals surface area (Å²) in [5, 5.41) is 8.66. The Morgan fingerprint density at radius 1 is 1.40 bits per heavy atom. The Hall–Kier alpha value is -0.800. The van der Waals surface area contributed by atoms with E-state index in [1.807, 2.05) is 12.1 Å². The molecule has 3 nitrogen and oxygen atoms in total. The first-order chi connectivity index (χ1) is 4.86. The number of hydrogen-bond donors (Lipinski definition) is 3. The number of aromatic nitrogens is 1. The van der Waals surface area contributed by atoms with Gasteiger partial charge in [-0.05, 0) is 25.1 Å². The van der Waals surface area contributed by atoms with Crippen molar-refractivity contribution < 1.29 is 5.11 Å². The maximum absolute atomic E-state index is 8.66. The lowest BCUT2D eigenvalue weighted by atomic mass is 10.3. The standard InChI is InChI=1S/C7H12N2O/c8-4-3-6-1-2-7(5-10)9-6/h1-2,9-10H,3-5,8H2. The van der Waals surface area contributed by atoms with E-state index in [0.717, 1.165) is 17.8 Å². The van der Waals surface area contributed by atoms with E-state index in [-0.39, 0.29) is 6.61 Å². The van der Waals surface area contributed by atoms with Crippen LogP contribution in [0.15, 0.2) is 12.1 Å². The van der Waals surface area contributed by atoms with Gasteiger partial charge < -0.3 is 15.8 Å². The highest BCUT2D eigenvalue weighted by Crippen LogP contribution is 2.00. The van der Waals surface area contributed by atoms with Crippen molar-refractivity contribution in [1.29, 1.82) is 0 Å². The van der Waals surface area contributed by atoms with Crippen LogP contribution in [0.25, 0.3) is 0 Å². The van der Waals surface area contributed by atoms with Gasteiger partial charge in [0.05, 0.1) is 6.61 Å². The molecule has 1 rings (SSSR count). The number of rotatable bonds is 3. The van der Waals surface area contributed by atoms with Gasteiger partial charge in [-0.15, -0.1) is 0 Å². The highest BCUT2D eigenvalue weighted by molar-refractivity contribution is 5.12. The molecule has 1 heterocycles. The molecule has 1 aromatic rings. The second kappa shape index (κ2) is 3.39. The normalized spacial score (nSPS) is 10.2. The third-order valence-electron chi connectivity index (χ3n) is 1.39. The monoisotopic (exact) mass is 140 g/mol. The second-order valence-electron chi connectivity index (χ2n) is 2.21.